The Morgan fingerprint density at radius 2 is 2.00 bits per heavy atom. The summed E-state index contributed by atoms with van der Waals surface area (Å²) in [6, 6.07) is 9.51. The molecule has 1 aromatic carbocycles. The molecule has 1 aromatic rings. The number of hydrogen-bond donors (Lipinski definition) is 0. The number of rotatable bonds is 1. The van der Waals surface area contributed by atoms with Crippen LogP contribution in [0.3, 0.4) is 0 Å². The van der Waals surface area contributed by atoms with Gasteiger partial charge in [0, 0.05) is 0 Å². The van der Waals surface area contributed by atoms with Crippen molar-refractivity contribution in [3.63, 3.8) is 0 Å². The lowest BCUT2D eigenvalue weighted by atomic mass is 10.1. The van der Waals surface area contributed by atoms with Gasteiger partial charge < -0.3 is 4.74 Å². The van der Waals surface area contributed by atoms with Crippen molar-refractivity contribution in [1.82, 2.24) is 0 Å². The normalized spacial score (nSPS) is 21.0. The van der Waals surface area contributed by atoms with Crippen LogP contribution in [0.2, 0.25) is 0 Å². The van der Waals surface area contributed by atoms with Gasteiger partial charge in [0.1, 0.15) is 0 Å². The number of benzene rings is 1. The summed E-state index contributed by atoms with van der Waals surface area (Å²) in [6.07, 6.45) is 0.708. The largest absolute Gasteiger partial charge is 0.434 e. The van der Waals surface area contributed by atoms with Gasteiger partial charge in [0.15, 0.2) is 6.10 Å². The molecule has 1 aliphatic rings. The molecule has 0 aromatic heterocycles. The van der Waals surface area contributed by atoms with Crippen LogP contribution in [0.1, 0.15) is 11.7 Å². The number of hydrogen-bond acceptors (Lipinski definition) is 2. The molecule has 0 saturated carbocycles. The average molecular weight is 161 g/mol. The van der Waals surface area contributed by atoms with Gasteiger partial charge in [0.05, 0.1) is 6.21 Å². The van der Waals surface area contributed by atoms with E-state index in [4.69, 9.17) is 4.74 Å². The van der Waals surface area contributed by atoms with Crippen LogP contribution < -0.4 is 0 Å². The van der Waals surface area contributed by atoms with E-state index < -0.39 is 6.09 Å². The number of carbonyl (C=O) groups is 1. The van der Waals surface area contributed by atoms with Crippen molar-refractivity contribution < 1.29 is 9.53 Å². The second-order valence-corrected chi connectivity index (χ2v) is 2.49. The van der Waals surface area contributed by atoms with Crippen LogP contribution in [-0.2, 0) is 4.74 Å². The molecule has 1 aliphatic heterocycles. The fourth-order valence-electron chi connectivity index (χ4n) is 1.09. The number of cyclic esters (lactones) is 1. The highest BCUT2D eigenvalue weighted by molar-refractivity contribution is 5.88. The molecule has 3 nitrogen and oxygen atoms in total. The summed E-state index contributed by atoms with van der Waals surface area (Å²) in [6.45, 7) is 0. The highest BCUT2D eigenvalue weighted by atomic mass is 16.6. The lowest BCUT2D eigenvalue weighted by Gasteiger charge is -2.05. The standard InChI is InChI=1S/C9H7NO2/c11-9-10-6-8(12-9)7-4-2-1-3-5-7/h1-6,8H/t8-/m0/s1. The molecule has 0 saturated heterocycles. The van der Waals surface area contributed by atoms with Crippen molar-refractivity contribution in [2.75, 3.05) is 0 Å². The van der Waals surface area contributed by atoms with E-state index in [1.165, 1.54) is 6.21 Å². The first-order valence-electron chi connectivity index (χ1n) is 3.66. The molecular formula is C9H7NO2. The number of aliphatic imine (C=N–C) groups is 1. The lowest BCUT2D eigenvalue weighted by molar-refractivity contribution is 0.150. The topological polar surface area (TPSA) is 38.7 Å². The van der Waals surface area contributed by atoms with Gasteiger partial charge in [0.25, 0.3) is 0 Å². The Bertz CT molecular complexity index is 319. The van der Waals surface area contributed by atoms with E-state index >= 15 is 0 Å². The third kappa shape index (κ3) is 1.21. The van der Waals surface area contributed by atoms with Gasteiger partial charge >= 0.3 is 6.09 Å². The van der Waals surface area contributed by atoms with Crippen LogP contribution >= 0.6 is 0 Å². The lowest BCUT2D eigenvalue weighted by Crippen LogP contribution is -2.00. The second-order valence-electron chi connectivity index (χ2n) is 2.49. The van der Waals surface area contributed by atoms with Crippen molar-refractivity contribution in [2.24, 2.45) is 4.99 Å². The number of carbonyl (C=O) groups excluding carboxylic acids is 1. The molecule has 0 bridgehead atoms. The maximum atomic E-state index is 10.6. The molecule has 0 fully saturated rings. The first-order valence-corrected chi connectivity index (χ1v) is 3.66. The first-order chi connectivity index (χ1) is 5.86. The van der Waals surface area contributed by atoms with E-state index in [-0.39, 0.29) is 6.10 Å². The van der Waals surface area contributed by atoms with Crippen LogP contribution in [0, 0.1) is 0 Å². The van der Waals surface area contributed by atoms with Crippen LogP contribution in [0.25, 0.3) is 0 Å². The maximum absolute atomic E-state index is 10.6. The van der Waals surface area contributed by atoms with Crippen molar-refractivity contribution in [3.05, 3.63) is 35.9 Å². The molecule has 0 aliphatic carbocycles. The number of amides is 1. The highest BCUT2D eigenvalue weighted by Gasteiger charge is 2.19. The number of ether oxygens (including phenoxy) is 1. The van der Waals surface area contributed by atoms with E-state index in [9.17, 15) is 4.79 Å². The molecule has 0 radical (unpaired) electrons. The van der Waals surface area contributed by atoms with E-state index in [0.717, 1.165) is 5.56 Å². The molecule has 1 amide bonds. The van der Waals surface area contributed by atoms with Gasteiger partial charge in [-0.15, -0.1) is 0 Å². The minimum Gasteiger partial charge on any atom is -0.434 e. The summed E-state index contributed by atoms with van der Waals surface area (Å²) in [7, 11) is 0. The zero-order chi connectivity index (χ0) is 8.39. The van der Waals surface area contributed by atoms with Gasteiger partial charge in [-0.25, -0.2) is 4.79 Å². The minimum absolute atomic E-state index is 0.293. The molecule has 60 valence electrons. The molecular weight excluding hydrogens is 154 g/mol. The van der Waals surface area contributed by atoms with Gasteiger partial charge in [0.2, 0.25) is 0 Å². The van der Waals surface area contributed by atoms with Crippen molar-refractivity contribution >= 4 is 12.3 Å². The van der Waals surface area contributed by atoms with Gasteiger partial charge in [-0.3, -0.25) is 0 Å². The molecule has 1 heterocycles. The van der Waals surface area contributed by atoms with Crippen LogP contribution in [0.15, 0.2) is 35.3 Å². The first kappa shape index (κ1) is 7.03. The van der Waals surface area contributed by atoms with Crippen molar-refractivity contribution in [1.29, 1.82) is 0 Å². The Balaban J connectivity index is 2.23. The molecule has 0 spiro atoms. The predicted molar refractivity (Wildman–Crippen MR) is 44.2 cm³/mol. The zero-order valence-electron chi connectivity index (χ0n) is 6.31. The predicted octanol–water partition coefficient (Wildman–Crippen LogP) is 1.95. The van der Waals surface area contributed by atoms with Crippen LogP contribution in [-0.4, -0.2) is 12.3 Å². The van der Waals surface area contributed by atoms with E-state index in [1.54, 1.807) is 0 Å². The van der Waals surface area contributed by atoms with E-state index in [0.29, 0.717) is 0 Å². The zero-order valence-corrected chi connectivity index (χ0v) is 6.31. The highest BCUT2D eigenvalue weighted by Crippen LogP contribution is 2.19. The summed E-state index contributed by atoms with van der Waals surface area (Å²) in [5.41, 5.74) is 0.951. The maximum Gasteiger partial charge on any atom is 0.434 e. The summed E-state index contributed by atoms with van der Waals surface area (Å²) in [4.78, 5) is 14.1. The molecule has 0 unspecified atom stereocenters. The average Bonchev–Trinajstić information content (AvgIpc) is 2.54. The quantitative estimate of drug-likeness (QED) is 0.631. The fourth-order valence-corrected chi connectivity index (χ4v) is 1.09. The fraction of sp³-hybridized carbons (Fsp3) is 0.111. The van der Waals surface area contributed by atoms with Gasteiger partial charge in [-0.2, -0.15) is 4.99 Å². The molecule has 3 heteroatoms. The third-order valence-electron chi connectivity index (χ3n) is 1.67. The Morgan fingerprint density at radius 3 is 2.58 bits per heavy atom. The smallest absolute Gasteiger partial charge is 0.434 e. The van der Waals surface area contributed by atoms with Crippen LogP contribution in [0.5, 0.6) is 0 Å². The second kappa shape index (κ2) is 2.77. The SMILES string of the molecule is O=C1N=C[C@@H](c2ccccc2)O1. The summed E-state index contributed by atoms with van der Waals surface area (Å²) >= 11 is 0. The Labute approximate surface area is 69.7 Å². The summed E-state index contributed by atoms with van der Waals surface area (Å²) < 4.78 is 4.89. The number of nitrogens with zero attached hydrogens (tertiary/aromatic N) is 1. The van der Waals surface area contributed by atoms with Gasteiger partial charge in [-0.1, -0.05) is 30.3 Å². The summed E-state index contributed by atoms with van der Waals surface area (Å²) in [5.74, 6) is 0. The minimum atomic E-state index is -0.510. The molecule has 2 rings (SSSR count). The van der Waals surface area contributed by atoms with Gasteiger partial charge in [-0.05, 0) is 5.56 Å². The molecule has 1 atom stereocenters. The molecule has 12 heavy (non-hydrogen) atoms. The van der Waals surface area contributed by atoms with Crippen molar-refractivity contribution in [2.45, 2.75) is 6.10 Å². The van der Waals surface area contributed by atoms with E-state index in [1.807, 2.05) is 30.3 Å². The third-order valence-corrected chi connectivity index (χ3v) is 1.67. The van der Waals surface area contributed by atoms with E-state index in [2.05, 4.69) is 4.99 Å². The Morgan fingerprint density at radius 1 is 1.25 bits per heavy atom. The van der Waals surface area contributed by atoms with Crippen molar-refractivity contribution in [3.8, 4) is 0 Å². The monoisotopic (exact) mass is 161 g/mol. The Hall–Kier alpha value is -1.64. The molecule has 0 N–H and O–H groups in total. The Kier molecular flexibility index (Phi) is 1.63. The summed E-state index contributed by atoms with van der Waals surface area (Å²) in [5, 5.41) is 0. The van der Waals surface area contributed by atoms with Crippen LogP contribution in [0.4, 0.5) is 4.79 Å².